The van der Waals surface area contributed by atoms with Gasteiger partial charge in [0.05, 0.1) is 36.2 Å². The number of ether oxygens (including phenoxy) is 4. The van der Waals surface area contributed by atoms with Gasteiger partial charge in [0, 0.05) is 54.0 Å². The van der Waals surface area contributed by atoms with E-state index in [9.17, 15) is 9.18 Å². The van der Waals surface area contributed by atoms with Crippen LogP contribution in [0.15, 0.2) is 67.8 Å². The van der Waals surface area contributed by atoms with Gasteiger partial charge >= 0.3 is 5.97 Å². The topological polar surface area (TPSA) is 87.4 Å². The van der Waals surface area contributed by atoms with Crippen LogP contribution in [0.25, 0.3) is 28.0 Å². The van der Waals surface area contributed by atoms with E-state index in [1.165, 1.54) is 19.2 Å². The lowest BCUT2D eigenvalue weighted by atomic mass is 9.87. The van der Waals surface area contributed by atoms with E-state index in [1.807, 2.05) is 56.5 Å². The quantitative estimate of drug-likeness (QED) is 0.124. The molecule has 1 saturated heterocycles. The molecule has 0 spiro atoms. The number of benzene rings is 2. The number of aromatic nitrogens is 3. The number of carbonyl (C=O) groups is 1. The molecule has 4 heterocycles. The third-order valence-electron chi connectivity index (χ3n) is 9.21. The van der Waals surface area contributed by atoms with Crippen LogP contribution in [-0.4, -0.2) is 58.6 Å². The summed E-state index contributed by atoms with van der Waals surface area (Å²) in [6.07, 6.45) is 4.17. The summed E-state index contributed by atoms with van der Waals surface area (Å²) in [6, 6.07) is 12.6. The minimum absolute atomic E-state index is 0.312. The highest BCUT2D eigenvalue weighted by molar-refractivity contribution is 5.84. The first-order chi connectivity index (χ1) is 23.4. The fourth-order valence-corrected chi connectivity index (χ4v) is 6.86. The molecule has 0 N–H and O–H groups in total. The van der Waals surface area contributed by atoms with E-state index in [1.54, 1.807) is 18.2 Å². The van der Waals surface area contributed by atoms with Crippen molar-refractivity contribution in [1.29, 1.82) is 0 Å². The van der Waals surface area contributed by atoms with Crippen LogP contribution >= 0.6 is 0 Å². The van der Waals surface area contributed by atoms with Crippen LogP contribution in [0, 0.1) is 12.7 Å². The Bertz CT molecular complexity index is 1900. The van der Waals surface area contributed by atoms with Crippen LogP contribution in [0.2, 0.25) is 0 Å². The number of anilines is 1. The standard InChI is InChI=1S/C39H45FN4O5/c1-9-12-30-34-27(26-16-15-25(40)22-31(26)48-30)13-11-14-28(34)29-23-32-41-24(3)33(35(37(45)46-8)49-38(4,5)6)36(44(32)42-29)43-19-17-39(7,18-20-43)47-21-10-2/h9-11,13-16,22-23,30,35H,1-2,12,17-21H2,3-8H3/t30-,35+/m1/s1. The number of methoxy groups -OCH3 is 1. The van der Waals surface area contributed by atoms with Gasteiger partial charge < -0.3 is 23.8 Å². The Morgan fingerprint density at radius 1 is 1.12 bits per heavy atom. The summed E-state index contributed by atoms with van der Waals surface area (Å²) in [4.78, 5) is 20.7. The highest BCUT2D eigenvalue weighted by Gasteiger charge is 2.38. The molecule has 9 nitrogen and oxygen atoms in total. The summed E-state index contributed by atoms with van der Waals surface area (Å²) in [5.74, 6) is 0.355. The molecule has 2 aliphatic heterocycles. The Morgan fingerprint density at radius 3 is 2.53 bits per heavy atom. The largest absolute Gasteiger partial charge is 0.485 e. The van der Waals surface area contributed by atoms with Crippen molar-refractivity contribution in [2.45, 2.75) is 77.3 Å². The number of hydrogen-bond donors (Lipinski definition) is 0. The van der Waals surface area contributed by atoms with E-state index < -0.39 is 23.8 Å². The van der Waals surface area contributed by atoms with Gasteiger partial charge in [-0.3, -0.25) is 0 Å². The van der Waals surface area contributed by atoms with Crippen LogP contribution in [0.4, 0.5) is 10.2 Å². The van der Waals surface area contributed by atoms with Crippen LogP contribution in [-0.2, 0) is 19.0 Å². The number of fused-ring (bicyclic) bond motifs is 4. The molecule has 0 bridgehead atoms. The van der Waals surface area contributed by atoms with Crippen molar-refractivity contribution < 1.29 is 28.1 Å². The third-order valence-corrected chi connectivity index (χ3v) is 9.21. The Kier molecular flexibility index (Phi) is 9.39. The van der Waals surface area contributed by atoms with Crippen LogP contribution < -0.4 is 9.64 Å². The minimum atomic E-state index is -1.04. The Hall–Kier alpha value is -4.54. The number of hydrogen-bond acceptors (Lipinski definition) is 8. The number of aryl methyl sites for hydroxylation is 1. The molecule has 2 aliphatic rings. The second kappa shape index (κ2) is 13.4. The normalized spacial score (nSPS) is 17.5. The van der Waals surface area contributed by atoms with E-state index >= 15 is 0 Å². The van der Waals surface area contributed by atoms with E-state index in [-0.39, 0.29) is 11.4 Å². The fourth-order valence-electron chi connectivity index (χ4n) is 6.86. The number of halogens is 1. The molecule has 2 aromatic heterocycles. The van der Waals surface area contributed by atoms with Gasteiger partial charge in [-0.25, -0.2) is 14.2 Å². The third kappa shape index (κ3) is 6.72. The molecule has 0 unspecified atom stereocenters. The lowest BCUT2D eigenvalue weighted by Crippen LogP contribution is -2.45. The Balaban J connectivity index is 1.55. The molecule has 2 atom stereocenters. The number of nitrogens with zero attached hydrogens (tertiary/aromatic N) is 4. The van der Waals surface area contributed by atoms with Gasteiger partial charge in [0.25, 0.3) is 0 Å². The van der Waals surface area contributed by atoms with Gasteiger partial charge in [-0.2, -0.15) is 9.61 Å². The first-order valence-corrected chi connectivity index (χ1v) is 16.7. The first-order valence-electron chi connectivity index (χ1n) is 16.7. The smallest absolute Gasteiger partial charge is 0.339 e. The number of esters is 1. The second-order valence-corrected chi connectivity index (χ2v) is 13.9. The van der Waals surface area contributed by atoms with Crippen LogP contribution in [0.3, 0.4) is 0 Å². The molecule has 2 aromatic carbocycles. The lowest BCUT2D eigenvalue weighted by molar-refractivity contribution is -0.164. The van der Waals surface area contributed by atoms with Gasteiger partial charge in [-0.05, 0) is 65.2 Å². The van der Waals surface area contributed by atoms with Crippen molar-refractivity contribution in [3.8, 4) is 28.1 Å². The van der Waals surface area contributed by atoms with E-state index in [0.29, 0.717) is 54.5 Å². The fraction of sp³-hybridized carbons (Fsp3) is 0.410. The maximum atomic E-state index is 14.2. The predicted molar refractivity (Wildman–Crippen MR) is 188 cm³/mol. The van der Waals surface area contributed by atoms with Crippen molar-refractivity contribution in [2.24, 2.45) is 0 Å². The predicted octanol–water partition coefficient (Wildman–Crippen LogP) is 8.11. The molecule has 0 amide bonds. The van der Waals surface area contributed by atoms with Crippen molar-refractivity contribution in [3.63, 3.8) is 0 Å². The second-order valence-electron chi connectivity index (χ2n) is 13.9. The highest BCUT2D eigenvalue weighted by atomic mass is 19.1. The SMILES string of the molecule is C=CCOC1(C)CCN(c2c([C@H](OC(C)(C)C)C(=O)OC)c(C)nc3cc(-c4cccc5c4[C@@H](CC=C)Oc4cc(F)ccc4-5)nn23)CC1. The number of carbonyl (C=O) groups excluding carboxylic acids is 1. The zero-order valence-corrected chi connectivity index (χ0v) is 29.2. The summed E-state index contributed by atoms with van der Waals surface area (Å²) in [5, 5.41) is 5.20. The van der Waals surface area contributed by atoms with E-state index in [0.717, 1.165) is 40.9 Å². The summed E-state index contributed by atoms with van der Waals surface area (Å²) in [5.41, 5.74) is 5.17. The molecule has 258 valence electrons. The van der Waals surface area contributed by atoms with E-state index in [4.69, 9.17) is 29.0 Å². The molecule has 4 aromatic rings. The van der Waals surface area contributed by atoms with E-state index in [2.05, 4.69) is 25.0 Å². The molecule has 0 aliphatic carbocycles. The van der Waals surface area contributed by atoms with Gasteiger partial charge in [-0.15, -0.1) is 13.2 Å². The van der Waals surface area contributed by atoms with Crippen molar-refractivity contribution >= 4 is 17.4 Å². The lowest BCUT2D eigenvalue weighted by Gasteiger charge is -2.41. The number of piperidine rings is 1. The molecular weight excluding hydrogens is 623 g/mol. The van der Waals surface area contributed by atoms with Gasteiger partial charge in [0.15, 0.2) is 11.8 Å². The molecular formula is C39H45FN4O5. The zero-order valence-electron chi connectivity index (χ0n) is 29.2. The summed E-state index contributed by atoms with van der Waals surface area (Å²) < 4.78 is 40.3. The summed E-state index contributed by atoms with van der Waals surface area (Å²) in [6.45, 7) is 19.3. The summed E-state index contributed by atoms with van der Waals surface area (Å²) in [7, 11) is 1.37. The molecule has 10 heteroatoms. The summed E-state index contributed by atoms with van der Waals surface area (Å²) >= 11 is 0. The van der Waals surface area contributed by atoms with Crippen LogP contribution in [0.5, 0.6) is 5.75 Å². The Morgan fingerprint density at radius 2 is 1.86 bits per heavy atom. The van der Waals surface area contributed by atoms with Gasteiger partial charge in [-0.1, -0.05) is 30.4 Å². The molecule has 6 rings (SSSR count). The van der Waals surface area contributed by atoms with Gasteiger partial charge in [0.2, 0.25) is 0 Å². The molecule has 0 saturated carbocycles. The maximum Gasteiger partial charge on any atom is 0.339 e. The Labute approximate surface area is 287 Å². The van der Waals surface area contributed by atoms with Crippen molar-refractivity contribution in [3.05, 3.63) is 90.4 Å². The number of rotatable bonds is 10. The monoisotopic (exact) mass is 668 g/mol. The van der Waals surface area contributed by atoms with Crippen molar-refractivity contribution in [2.75, 3.05) is 31.7 Å². The molecule has 49 heavy (non-hydrogen) atoms. The zero-order chi connectivity index (χ0) is 35.1. The molecule has 1 fully saturated rings. The first kappa shape index (κ1) is 34.3. The average Bonchev–Trinajstić information content (AvgIpc) is 3.48. The average molecular weight is 669 g/mol. The minimum Gasteiger partial charge on any atom is -0.485 e. The molecule has 0 radical (unpaired) electrons. The van der Waals surface area contributed by atoms with Crippen molar-refractivity contribution in [1.82, 2.24) is 14.6 Å². The van der Waals surface area contributed by atoms with Gasteiger partial charge in [0.1, 0.15) is 23.5 Å². The van der Waals surface area contributed by atoms with Crippen LogP contribution in [0.1, 0.15) is 76.0 Å². The highest BCUT2D eigenvalue weighted by Crippen LogP contribution is 2.48. The maximum absolute atomic E-state index is 14.2.